The number of piperidine rings is 1. The van der Waals surface area contributed by atoms with Gasteiger partial charge in [0.15, 0.2) is 6.04 Å². The molecule has 1 amide bonds. The van der Waals surface area contributed by atoms with Crippen molar-refractivity contribution in [3.05, 3.63) is 65.4 Å². The molecule has 2 fully saturated rings. The number of carbonyl (C=O) groups excluding carboxylic acids is 2. The molecule has 41 heavy (non-hydrogen) atoms. The van der Waals surface area contributed by atoms with Crippen LogP contribution in [0.5, 0.6) is 0 Å². The minimum Gasteiger partial charge on any atom is -0.467 e. The van der Waals surface area contributed by atoms with Crippen LogP contribution in [0.1, 0.15) is 18.5 Å². The Balaban J connectivity index is 0.00000387. The van der Waals surface area contributed by atoms with Crippen LogP contribution < -0.4 is 4.90 Å². The lowest BCUT2D eigenvalue weighted by molar-refractivity contribution is -0.178. The van der Waals surface area contributed by atoms with E-state index in [1.165, 1.54) is 18.2 Å². The highest BCUT2D eigenvalue weighted by Crippen LogP contribution is 2.29. The molecule has 0 N–H and O–H groups in total. The Hall–Kier alpha value is -2.96. The number of ether oxygens (including phenoxy) is 1. The van der Waals surface area contributed by atoms with Crippen molar-refractivity contribution in [1.29, 1.82) is 0 Å². The number of methoxy groups -OCH3 is 1. The molecule has 0 bridgehead atoms. The maximum atomic E-state index is 13.6. The maximum Gasteiger partial charge on any atom is 0.331 e. The molecule has 1 unspecified atom stereocenters. The third kappa shape index (κ3) is 6.29. The molecule has 2 saturated heterocycles. The number of anilines is 1. The molecule has 1 atom stereocenters. The van der Waals surface area contributed by atoms with Gasteiger partial charge in [0.1, 0.15) is 0 Å². The molecular formula is C28H33Cl2N5O5S. The predicted molar refractivity (Wildman–Crippen MR) is 160 cm³/mol. The Morgan fingerprint density at radius 2 is 1.76 bits per heavy atom. The first kappa shape index (κ1) is 31.0. The smallest absolute Gasteiger partial charge is 0.331 e. The number of amides is 1. The Kier molecular flexibility index (Phi) is 9.45. The van der Waals surface area contributed by atoms with Gasteiger partial charge in [0.2, 0.25) is 10.0 Å². The van der Waals surface area contributed by atoms with E-state index in [1.807, 2.05) is 19.1 Å². The maximum absolute atomic E-state index is 13.6. The van der Waals surface area contributed by atoms with Crippen molar-refractivity contribution in [2.45, 2.75) is 36.7 Å². The molecule has 0 spiro atoms. The largest absolute Gasteiger partial charge is 0.467 e. The van der Waals surface area contributed by atoms with Crippen LogP contribution in [-0.4, -0.2) is 92.0 Å². The molecule has 2 aromatic carbocycles. The number of fused-ring (bicyclic) bond motifs is 1. The van der Waals surface area contributed by atoms with Crippen molar-refractivity contribution >= 4 is 62.4 Å². The molecule has 1 aromatic heterocycles. The van der Waals surface area contributed by atoms with E-state index < -0.39 is 27.9 Å². The second kappa shape index (κ2) is 12.5. The zero-order valence-corrected chi connectivity index (χ0v) is 25.5. The van der Waals surface area contributed by atoms with E-state index in [2.05, 4.69) is 9.88 Å². The van der Waals surface area contributed by atoms with Crippen LogP contribution in [0.15, 0.2) is 59.6 Å². The van der Waals surface area contributed by atoms with Gasteiger partial charge in [-0.2, -0.15) is 4.31 Å². The van der Waals surface area contributed by atoms with Crippen LogP contribution in [0.25, 0.3) is 10.8 Å². The Morgan fingerprint density at radius 1 is 1.07 bits per heavy atom. The van der Waals surface area contributed by atoms with E-state index in [4.69, 9.17) is 16.3 Å². The first-order chi connectivity index (χ1) is 19.1. The molecule has 13 heteroatoms. The number of halogens is 2. The fourth-order valence-electron chi connectivity index (χ4n) is 5.53. The van der Waals surface area contributed by atoms with Gasteiger partial charge in [0.25, 0.3) is 5.91 Å². The Morgan fingerprint density at radius 3 is 2.44 bits per heavy atom. The number of hydrogen-bond acceptors (Lipinski definition) is 8. The van der Waals surface area contributed by atoms with Gasteiger partial charge >= 0.3 is 5.97 Å². The number of benzene rings is 2. The summed E-state index contributed by atoms with van der Waals surface area (Å²) in [5, 5.41) is 5.23. The summed E-state index contributed by atoms with van der Waals surface area (Å²) in [6.45, 7) is 2.92. The fraction of sp³-hybridized carbons (Fsp3) is 0.393. The van der Waals surface area contributed by atoms with Crippen molar-refractivity contribution in [2.24, 2.45) is 0 Å². The SMILES string of the molecule is COC(=O)C1CN(S(=O)(=O)c2ccc3cc(Cl)ccc3c2)CC(=O)N1N(C)C1CCN(c2ccnc(C)c2)CC1.Cl. The predicted octanol–water partition coefficient (Wildman–Crippen LogP) is 3.51. The van der Waals surface area contributed by atoms with E-state index in [9.17, 15) is 18.0 Å². The van der Waals surface area contributed by atoms with Crippen molar-refractivity contribution in [1.82, 2.24) is 19.3 Å². The molecule has 220 valence electrons. The summed E-state index contributed by atoms with van der Waals surface area (Å²) < 4.78 is 33.3. The Bertz CT molecular complexity index is 1550. The summed E-state index contributed by atoms with van der Waals surface area (Å²) in [6, 6.07) is 12.8. The number of hydrazine groups is 1. The summed E-state index contributed by atoms with van der Waals surface area (Å²) >= 11 is 6.06. The standard InChI is InChI=1S/C28H32ClN5O5S.ClH/c1-19-14-24(8-11-30-19)32-12-9-23(10-13-32)31(2)34-26(28(36)39-3)17-33(18-27(34)35)40(37,38)25-7-5-20-15-22(29)6-4-21(20)16-25;/h4-8,11,14-16,23,26H,9-10,12-13,17-18H2,1-3H3;1H. The van der Waals surface area contributed by atoms with Crippen molar-refractivity contribution in [3.8, 4) is 0 Å². The van der Waals surface area contributed by atoms with Gasteiger partial charge in [-0.15, -0.1) is 12.4 Å². The van der Waals surface area contributed by atoms with Crippen molar-refractivity contribution < 1.29 is 22.7 Å². The summed E-state index contributed by atoms with van der Waals surface area (Å²) in [5.74, 6) is -1.15. The van der Waals surface area contributed by atoms with Crippen LogP contribution in [0.3, 0.4) is 0 Å². The third-order valence-electron chi connectivity index (χ3n) is 7.70. The lowest BCUT2D eigenvalue weighted by Gasteiger charge is -2.47. The third-order valence-corrected chi connectivity index (χ3v) is 9.74. The number of carbonyl (C=O) groups is 2. The average molecular weight is 623 g/mol. The molecule has 2 aliphatic rings. The van der Waals surface area contributed by atoms with E-state index in [-0.39, 0.29) is 36.4 Å². The number of aryl methyl sites for hydroxylation is 1. The van der Waals surface area contributed by atoms with Crippen LogP contribution in [-0.2, 0) is 24.3 Å². The number of piperazine rings is 1. The van der Waals surface area contributed by atoms with E-state index in [0.717, 1.165) is 47.0 Å². The van der Waals surface area contributed by atoms with Crippen LogP contribution >= 0.6 is 24.0 Å². The number of esters is 1. The highest BCUT2D eigenvalue weighted by atomic mass is 35.5. The first-order valence-corrected chi connectivity index (χ1v) is 14.9. The molecule has 5 rings (SSSR count). The second-order valence-corrected chi connectivity index (χ2v) is 12.5. The van der Waals surface area contributed by atoms with Crippen LogP contribution in [0.4, 0.5) is 5.69 Å². The van der Waals surface area contributed by atoms with Crippen LogP contribution in [0, 0.1) is 6.92 Å². The first-order valence-electron chi connectivity index (χ1n) is 13.1. The summed E-state index contributed by atoms with van der Waals surface area (Å²) in [6.07, 6.45) is 3.32. The number of pyridine rings is 1. The molecule has 3 heterocycles. The van der Waals surface area contributed by atoms with Gasteiger partial charge in [0.05, 0.1) is 18.6 Å². The lowest BCUT2D eigenvalue weighted by Crippen LogP contribution is -2.66. The number of nitrogens with zero attached hydrogens (tertiary/aromatic N) is 5. The molecule has 10 nitrogen and oxygen atoms in total. The highest BCUT2D eigenvalue weighted by molar-refractivity contribution is 7.89. The molecule has 3 aromatic rings. The zero-order valence-electron chi connectivity index (χ0n) is 23.1. The molecular weight excluding hydrogens is 589 g/mol. The minimum atomic E-state index is -4.07. The quantitative estimate of drug-likeness (QED) is 0.385. The number of rotatable bonds is 6. The zero-order chi connectivity index (χ0) is 28.6. The molecule has 0 radical (unpaired) electrons. The van der Waals surface area contributed by atoms with Crippen LogP contribution in [0.2, 0.25) is 5.02 Å². The van der Waals surface area contributed by atoms with Gasteiger partial charge in [-0.3, -0.25) is 14.8 Å². The second-order valence-electron chi connectivity index (χ2n) is 10.2. The lowest BCUT2D eigenvalue weighted by atomic mass is 10.0. The van der Waals surface area contributed by atoms with E-state index in [1.54, 1.807) is 48.6 Å². The van der Waals surface area contributed by atoms with Gasteiger partial charge < -0.3 is 9.64 Å². The monoisotopic (exact) mass is 621 g/mol. The molecule has 0 saturated carbocycles. The molecule has 0 aliphatic carbocycles. The topological polar surface area (TPSA) is 103 Å². The summed E-state index contributed by atoms with van der Waals surface area (Å²) in [5.41, 5.74) is 2.05. The van der Waals surface area contributed by atoms with E-state index >= 15 is 0 Å². The minimum absolute atomic E-state index is 0. The van der Waals surface area contributed by atoms with Gasteiger partial charge in [-0.25, -0.2) is 18.2 Å². The van der Waals surface area contributed by atoms with E-state index in [0.29, 0.717) is 10.4 Å². The number of hydrogen-bond donors (Lipinski definition) is 0. The van der Waals surface area contributed by atoms with Gasteiger partial charge in [-0.1, -0.05) is 23.7 Å². The van der Waals surface area contributed by atoms with Gasteiger partial charge in [0, 0.05) is 55.3 Å². The Labute approximate surface area is 251 Å². The number of aromatic nitrogens is 1. The van der Waals surface area contributed by atoms with Gasteiger partial charge in [-0.05, 0) is 66.9 Å². The van der Waals surface area contributed by atoms with Crippen molar-refractivity contribution in [2.75, 3.05) is 45.2 Å². The highest BCUT2D eigenvalue weighted by Gasteiger charge is 2.45. The normalized spacial score (nSPS) is 19.0. The van der Waals surface area contributed by atoms with Crippen molar-refractivity contribution in [3.63, 3.8) is 0 Å². The summed E-state index contributed by atoms with van der Waals surface area (Å²) in [7, 11) is -1.05. The summed E-state index contributed by atoms with van der Waals surface area (Å²) in [4.78, 5) is 33.0. The fourth-order valence-corrected chi connectivity index (χ4v) is 7.14. The average Bonchev–Trinajstić information content (AvgIpc) is 2.95. The molecule has 2 aliphatic heterocycles. The number of sulfonamides is 1.